The maximum Gasteiger partial charge on any atom is 0.237 e. The van der Waals surface area contributed by atoms with Crippen LogP contribution in [-0.2, 0) is 11.3 Å². The van der Waals surface area contributed by atoms with Gasteiger partial charge in [-0.15, -0.1) is 0 Å². The van der Waals surface area contributed by atoms with Gasteiger partial charge in [0.2, 0.25) is 11.8 Å². The summed E-state index contributed by atoms with van der Waals surface area (Å²) in [5.41, 5.74) is 6.48. The Morgan fingerprint density at radius 2 is 2.13 bits per heavy atom. The first-order chi connectivity index (χ1) is 11.0. The van der Waals surface area contributed by atoms with Gasteiger partial charge in [-0.3, -0.25) is 4.79 Å². The number of rotatable bonds is 6. The van der Waals surface area contributed by atoms with Crippen LogP contribution in [0.15, 0.2) is 42.6 Å². The van der Waals surface area contributed by atoms with Crippen molar-refractivity contribution in [2.24, 2.45) is 11.7 Å². The molecule has 0 unspecified atom stereocenters. The summed E-state index contributed by atoms with van der Waals surface area (Å²) in [4.78, 5) is 16.1. The van der Waals surface area contributed by atoms with Crippen molar-refractivity contribution in [3.63, 3.8) is 0 Å². The molecule has 0 radical (unpaired) electrons. The van der Waals surface area contributed by atoms with Crippen LogP contribution in [0.2, 0.25) is 0 Å². The first-order valence-corrected chi connectivity index (χ1v) is 7.38. The van der Waals surface area contributed by atoms with Gasteiger partial charge in [-0.05, 0) is 24.1 Å². The van der Waals surface area contributed by atoms with E-state index in [1.165, 1.54) is 12.1 Å². The summed E-state index contributed by atoms with van der Waals surface area (Å²) in [6, 6.07) is 8.74. The van der Waals surface area contributed by atoms with Crippen LogP contribution in [0.25, 0.3) is 0 Å². The number of halogens is 1. The molecule has 0 aliphatic heterocycles. The minimum Gasteiger partial charge on any atom is -0.439 e. The third kappa shape index (κ3) is 4.75. The smallest absolute Gasteiger partial charge is 0.237 e. The third-order valence-electron chi connectivity index (χ3n) is 3.33. The van der Waals surface area contributed by atoms with Crippen LogP contribution < -0.4 is 15.8 Å². The molecule has 1 heterocycles. The van der Waals surface area contributed by atoms with Gasteiger partial charge in [0.15, 0.2) is 0 Å². The molecular weight excluding hydrogens is 297 g/mol. The van der Waals surface area contributed by atoms with Crippen LogP contribution in [-0.4, -0.2) is 16.9 Å². The predicted octanol–water partition coefficient (Wildman–Crippen LogP) is 2.61. The monoisotopic (exact) mass is 317 g/mol. The van der Waals surface area contributed by atoms with Crippen molar-refractivity contribution in [1.29, 1.82) is 0 Å². The van der Waals surface area contributed by atoms with E-state index in [9.17, 15) is 9.18 Å². The van der Waals surface area contributed by atoms with Gasteiger partial charge in [0.25, 0.3) is 0 Å². The highest BCUT2D eigenvalue weighted by Crippen LogP contribution is 2.23. The molecule has 0 fully saturated rings. The van der Waals surface area contributed by atoms with E-state index in [0.29, 0.717) is 17.2 Å². The topological polar surface area (TPSA) is 77.2 Å². The summed E-state index contributed by atoms with van der Waals surface area (Å²) < 4.78 is 18.8. The molecular formula is C17H20FN3O2. The Morgan fingerprint density at radius 1 is 1.35 bits per heavy atom. The van der Waals surface area contributed by atoms with Crippen LogP contribution in [0.5, 0.6) is 11.6 Å². The standard InChI is InChI=1S/C17H20FN3O2/c1-11(2)15(19)16(22)21-10-12-5-4-8-20-17(12)23-14-7-3-6-13(18)9-14/h3-9,11,15H,10,19H2,1-2H3,(H,21,22)/t15-/m0/s1. The van der Waals surface area contributed by atoms with E-state index in [0.717, 1.165) is 0 Å². The highest BCUT2D eigenvalue weighted by molar-refractivity contribution is 5.81. The van der Waals surface area contributed by atoms with Crippen LogP contribution >= 0.6 is 0 Å². The number of ether oxygens (including phenoxy) is 1. The lowest BCUT2D eigenvalue weighted by Gasteiger charge is -2.16. The number of aromatic nitrogens is 1. The molecule has 5 nitrogen and oxygen atoms in total. The lowest BCUT2D eigenvalue weighted by molar-refractivity contribution is -0.123. The van der Waals surface area contributed by atoms with Crippen molar-refractivity contribution in [3.8, 4) is 11.6 Å². The molecule has 0 aliphatic rings. The Bertz CT molecular complexity index is 676. The number of nitrogens with one attached hydrogen (secondary N) is 1. The van der Waals surface area contributed by atoms with Crippen molar-refractivity contribution < 1.29 is 13.9 Å². The van der Waals surface area contributed by atoms with Crippen LogP contribution in [0.3, 0.4) is 0 Å². The predicted molar refractivity (Wildman–Crippen MR) is 85.4 cm³/mol. The first kappa shape index (κ1) is 16.9. The summed E-state index contributed by atoms with van der Waals surface area (Å²) in [7, 11) is 0. The Kier molecular flexibility index (Phi) is 5.65. The third-order valence-corrected chi connectivity index (χ3v) is 3.33. The largest absolute Gasteiger partial charge is 0.439 e. The zero-order chi connectivity index (χ0) is 16.8. The first-order valence-electron chi connectivity index (χ1n) is 7.38. The highest BCUT2D eigenvalue weighted by Gasteiger charge is 2.17. The number of nitrogens with zero attached hydrogens (tertiary/aromatic N) is 1. The molecule has 3 N–H and O–H groups in total. The molecule has 1 atom stereocenters. The number of carbonyl (C=O) groups is 1. The second-order valence-electron chi connectivity index (χ2n) is 5.51. The van der Waals surface area contributed by atoms with Gasteiger partial charge in [0.1, 0.15) is 11.6 Å². The van der Waals surface area contributed by atoms with Gasteiger partial charge in [0, 0.05) is 24.4 Å². The zero-order valence-electron chi connectivity index (χ0n) is 13.1. The second kappa shape index (κ2) is 7.69. The van der Waals surface area contributed by atoms with Gasteiger partial charge < -0.3 is 15.8 Å². The van der Waals surface area contributed by atoms with Crippen molar-refractivity contribution in [1.82, 2.24) is 10.3 Å². The minimum absolute atomic E-state index is 0.0481. The van der Waals surface area contributed by atoms with Gasteiger partial charge >= 0.3 is 0 Å². The Morgan fingerprint density at radius 3 is 2.83 bits per heavy atom. The number of hydrogen-bond acceptors (Lipinski definition) is 4. The Hall–Kier alpha value is -2.47. The molecule has 122 valence electrons. The minimum atomic E-state index is -0.570. The van der Waals surface area contributed by atoms with E-state index >= 15 is 0 Å². The fourth-order valence-corrected chi connectivity index (χ4v) is 1.90. The Balaban J connectivity index is 2.07. The quantitative estimate of drug-likeness (QED) is 0.858. The van der Waals surface area contributed by atoms with Gasteiger partial charge in [-0.2, -0.15) is 0 Å². The van der Waals surface area contributed by atoms with E-state index in [2.05, 4.69) is 10.3 Å². The average molecular weight is 317 g/mol. The maximum atomic E-state index is 13.2. The van der Waals surface area contributed by atoms with Crippen LogP contribution in [0.4, 0.5) is 4.39 Å². The average Bonchev–Trinajstić information content (AvgIpc) is 2.53. The summed E-state index contributed by atoms with van der Waals surface area (Å²) in [6.07, 6.45) is 1.57. The SMILES string of the molecule is CC(C)[C@H](N)C(=O)NCc1cccnc1Oc1cccc(F)c1. The molecule has 1 aromatic heterocycles. The molecule has 0 bridgehead atoms. The molecule has 0 saturated heterocycles. The van der Waals surface area contributed by atoms with E-state index in [-0.39, 0.29) is 18.4 Å². The number of hydrogen-bond donors (Lipinski definition) is 2. The van der Waals surface area contributed by atoms with Crippen molar-refractivity contribution in [2.45, 2.75) is 26.4 Å². The fourth-order valence-electron chi connectivity index (χ4n) is 1.90. The van der Waals surface area contributed by atoms with Crippen LogP contribution in [0, 0.1) is 11.7 Å². The van der Waals surface area contributed by atoms with Gasteiger partial charge in [0.05, 0.1) is 6.04 Å². The molecule has 23 heavy (non-hydrogen) atoms. The molecule has 6 heteroatoms. The van der Waals surface area contributed by atoms with Gasteiger partial charge in [-0.1, -0.05) is 26.0 Å². The molecule has 0 aliphatic carbocycles. The summed E-state index contributed by atoms with van der Waals surface area (Å²) in [5.74, 6) is 0.0790. The Labute approximate surface area is 134 Å². The summed E-state index contributed by atoms with van der Waals surface area (Å²) >= 11 is 0. The molecule has 2 rings (SSSR count). The number of benzene rings is 1. The number of pyridine rings is 1. The van der Waals surface area contributed by atoms with E-state index in [1.54, 1.807) is 30.5 Å². The van der Waals surface area contributed by atoms with Gasteiger partial charge in [-0.25, -0.2) is 9.37 Å². The molecule has 0 spiro atoms. The van der Waals surface area contributed by atoms with Crippen molar-refractivity contribution in [2.75, 3.05) is 0 Å². The number of amides is 1. The number of carbonyl (C=O) groups excluding carboxylic acids is 1. The number of nitrogens with two attached hydrogens (primary N) is 1. The lowest BCUT2D eigenvalue weighted by atomic mass is 10.1. The van der Waals surface area contributed by atoms with Crippen LogP contribution in [0.1, 0.15) is 19.4 Å². The molecule has 0 saturated carbocycles. The van der Waals surface area contributed by atoms with E-state index < -0.39 is 11.9 Å². The highest BCUT2D eigenvalue weighted by atomic mass is 19.1. The molecule has 2 aromatic rings. The summed E-state index contributed by atoms with van der Waals surface area (Å²) in [5, 5.41) is 2.76. The van der Waals surface area contributed by atoms with E-state index in [4.69, 9.17) is 10.5 Å². The maximum absolute atomic E-state index is 13.2. The fraction of sp³-hybridized carbons (Fsp3) is 0.294. The van der Waals surface area contributed by atoms with E-state index in [1.807, 2.05) is 13.8 Å². The van der Waals surface area contributed by atoms with Crippen molar-refractivity contribution >= 4 is 5.91 Å². The lowest BCUT2D eigenvalue weighted by Crippen LogP contribution is -2.43. The van der Waals surface area contributed by atoms with Crippen molar-refractivity contribution in [3.05, 3.63) is 54.0 Å². The molecule has 1 amide bonds. The molecule has 1 aromatic carbocycles. The normalized spacial score (nSPS) is 12.0. The second-order valence-corrected chi connectivity index (χ2v) is 5.51. The summed E-state index contributed by atoms with van der Waals surface area (Å²) in [6.45, 7) is 4.00. The zero-order valence-corrected chi connectivity index (χ0v) is 13.1.